The van der Waals surface area contributed by atoms with Gasteiger partial charge in [-0.1, -0.05) is 19.8 Å². The lowest BCUT2D eigenvalue weighted by molar-refractivity contribution is 0.365. The number of anilines is 1. The number of hydrogen-bond donors (Lipinski definition) is 1. The van der Waals surface area contributed by atoms with Crippen molar-refractivity contribution in [3.05, 3.63) is 17.6 Å². The van der Waals surface area contributed by atoms with Crippen molar-refractivity contribution in [3.63, 3.8) is 0 Å². The largest absolute Gasteiger partial charge is 0.383 e. The van der Waals surface area contributed by atoms with Crippen molar-refractivity contribution >= 4 is 16.9 Å². The van der Waals surface area contributed by atoms with E-state index in [0.717, 1.165) is 29.4 Å². The summed E-state index contributed by atoms with van der Waals surface area (Å²) in [6.07, 6.45) is 5.63. The SMILES string of the molecule is Cc1c(C)n(CC2CCCC2C)c2ncnc(N)c12. The van der Waals surface area contributed by atoms with Crippen molar-refractivity contribution in [1.29, 1.82) is 0 Å². The minimum atomic E-state index is 0.601. The topological polar surface area (TPSA) is 56.7 Å². The Kier molecular flexibility index (Phi) is 2.96. The second-order valence-corrected chi connectivity index (χ2v) is 5.95. The van der Waals surface area contributed by atoms with Crippen LogP contribution in [0.2, 0.25) is 0 Å². The summed E-state index contributed by atoms with van der Waals surface area (Å²) in [7, 11) is 0. The molecule has 0 bridgehead atoms. The number of nitrogen functional groups attached to an aromatic ring is 1. The molecule has 2 N–H and O–H groups in total. The van der Waals surface area contributed by atoms with Crippen LogP contribution in [0, 0.1) is 25.7 Å². The molecule has 2 atom stereocenters. The highest BCUT2D eigenvalue weighted by Crippen LogP contribution is 2.35. The van der Waals surface area contributed by atoms with Gasteiger partial charge >= 0.3 is 0 Å². The van der Waals surface area contributed by atoms with Crippen molar-refractivity contribution < 1.29 is 0 Å². The molecule has 0 spiro atoms. The van der Waals surface area contributed by atoms with Gasteiger partial charge < -0.3 is 10.3 Å². The number of rotatable bonds is 2. The van der Waals surface area contributed by atoms with E-state index in [1.807, 2.05) is 0 Å². The Balaban J connectivity index is 2.08. The number of aryl methyl sites for hydroxylation is 1. The van der Waals surface area contributed by atoms with Crippen molar-refractivity contribution in [2.75, 3.05) is 5.73 Å². The quantitative estimate of drug-likeness (QED) is 0.900. The van der Waals surface area contributed by atoms with E-state index in [0.29, 0.717) is 5.82 Å². The smallest absolute Gasteiger partial charge is 0.145 e. The van der Waals surface area contributed by atoms with Gasteiger partial charge in [-0.15, -0.1) is 0 Å². The molecule has 2 aromatic rings. The van der Waals surface area contributed by atoms with Crippen molar-refractivity contribution in [2.45, 2.75) is 46.6 Å². The maximum atomic E-state index is 6.01. The van der Waals surface area contributed by atoms with E-state index < -0.39 is 0 Å². The summed E-state index contributed by atoms with van der Waals surface area (Å²) in [4.78, 5) is 8.59. The van der Waals surface area contributed by atoms with E-state index in [4.69, 9.17) is 5.73 Å². The Labute approximate surface area is 114 Å². The van der Waals surface area contributed by atoms with Gasteiger partial charge in [-0.3, -0.25) is 0 Å². The van der Waals surface area contributed by atoms with Crippen molar-refractivity contribution in [1.82, 2.24) is 14.5 Å². The lowest BCUT2D eigenvalue weighted by atomic mass is 9.98. The molecule has 4 heteroatoms. The van der Waals surface area contributed by atoms with Crippen molar-refractivity contribution in [2.24, 2.45) is 11.8 Å². The first-order valence-corrected chi connectivity index (χ1v) is 7.15. The third-order valence-corrected chi connectivity index (χ3v) is 4.89. The normalized spacial score (nSPS) is 23.3. The van der Waals surface area contributed by atoms with E-state index in [9.17, 15) is 0 Å². The Morgan fingerprint density at radius 1 is 1.32 bits per heavy atom. The average Bonchev–Trinajstić information content (AvgIpc) is 2.89. The van der Waals surface area contributed by atoms with Gasteiger partial charge in [0.05, 0.1) is 5.39 Å². The summed E-state index contributed by atoms with van der Waals surface area (Å²) in [5.74, 6) is 2.19. The van der Waals surface area contributed by atoms with Crippen LogP contribution in [0.3, 0.4) is 0 Å². The Morgan fingerprint density at radius 2 is 2.11 bits per heavy atom. The van der Waals surface area contributed by atoms with Gasteiger partial charge in [0.2, 0.25) is 0 Å². The third-order valence-electron chi connectivity index (χ3n) is 4.89. The predicted octanol–water partition coefficient (Wildman–Crippen LogP) is 3.07. The molecule has 102 valence electrons. The van der Waals surface area contributed by atoms with E-state index in [1.54, 1.807) is 6.33 Å². The Hall–Kier alpha value is -1.58. The fourth-order valence-corrected chi connectivity index (χ4v) is 3.45. The predicted molar refractivity (Wildman–Crippen MR) is 77.9 cm³/mol. The molecule has 0 amide bonds. The fourth-order valence-electron chi connectivity index (χ4n) is 3.45. The van der Waals surface area contributed by atoms with Crippen LogP contribution in [0.1, 0.15) is 37.4 Å². The summed E-state index contributed by atoms with van der Waals surface area (Å²) >= 11 is 0. The zero-order chi connectivity index (χ0) is 13.6. The standard InChI is InChI=1S/C15H22N4/c1-9-5-4-6-12(9)7-19-11(3)10(2)13-14(16)17-8-18-15(13)19/h8-9,12H,4-7H2,1-3H3,(H2,16,17,18). The highest BCUT2D eigenvalue weighted by atomic mass is 15.1. The van der Waals surface area contributed by atoms with Gasteiger partial charge in [-0.25, -0.2) is 9.97 Å². The molecule has 0 aliphatic heterocycles. The maximum absolute atomic E-state index is 6.01. The van der Waals surface area contributed by atoms with Crippen LogP contribution >= 0.6 is 0 Å². The second kappa shape index (κ2) is 4.51. The fraction of sp³-hybridized carbons (Fsp3) is 0.600. The van der Waals surface area contributed by atoms with Gasteiger partial charge in [0.1, 0.15) is 17.8 Å². The van der Waals surface area contributed by atoms with Gasteiger partial charge in [-0.2, -0.15) is 0 Å². The van der Waals surface area contributed by atoms with Crippen LogP contribution in [0.25, 0.3) is 11.0 Å². The molecule has 0 radical (unpaired) electrons. The van der Waals surface area contributed by atoms with Crippen LogP contribution in [0.15, 0.2) is 6.33 Å². The van der Waals surface area contributed by atoms with Crippen LogP contribution < -0.4 is 5.73 Å². The highest BCUT2D eigenvalue weighted by molar-refractivity contribution is 5.90. The zero-order valence-corrected chi connectivity index (χ0v) is 12.0. The minimum Gasteiger partial charge on any atom is -0.383 e. The van der Waals surface area contributed by atoms with E-state index in [-0.39, 0.29) is 0 Å². The number of nitrogens with two attached hydrogens (primary N) is 1. The monoisotopic (exact) mass is 258 g/mol. The van der Waals surface area contributed by atoms with Gasteiger partial charge in [-0.05, 0) is 37.7 Å². The number of fused-ring (bicyclic) bond motifs is 1. The first-order valence-electron chi connectivity index (χ1n) is 7.15. The molecule has 4 nitrogen and oxygen atoms in total. The molecule has 1 aliphatic rings. The van der Waals surface area contributed by atoms with Gasteiger partial charge in [0, 0.05) is 12.2 Å². The lowest BCUT2D eigenvalue weighted by Crippen LogP contribution is -2.14. The number of nitrogens with zero attached hydrogens (tertiary/aromatic N) is 3. The molecule has 1 fully saturated rings. The minimum absolute atomic E-state index is 0.601. The van der Waals surface area contributed by atoms with Crippen LogP contribution in [-0.2, 0) is 6.54 Å². The lowest BCUT2D eigenvalue weighted by Gasteiger charge is -2.18. The molecule has 1 saturated carbocycles. The van der Waals surface area contributed by atoms with Crippen LogP contribution in [0.5, 0.6) is 0 Å². The average molecular weight is 258 g/mol. The van der Waals surface area contributed by atoms with E-state index >= 15 is 0 Å². The maximum Gasteiger partial charge on any atom is 0.145 e. The molecular weight excluding hydrogens is 236 g/mol. The molecule has 2 heterocycles. The first-order chi connectivity index (χ1) is 9.09. The zero-order valence-electron chi connectivity index (χ0n) is 12.0. The van der Waals surface area contributed by atoms with E-state index in [1.165, 1.54) is 30.5 Å². The first kappa shape index (κ1) is 12.5. The highest BCUT2D eigenvalue weighted by Gasteiger charge is 2.25. The van der Waals surface area contributed by atoms with E-state index in [2.05, 4.69) is 35.3 Å². The molecule has 2 aromatic heterocycles. The number of hydrogen-bond acceptors (Lipinski definition) is 3. The molecular formula is C15H22N4. The molecule has 19 heavy (non-hydrogen) atoms. The molecule has 0 aromatic carbocycles. The van der Waals surface area contributed by atoms with Gasteiger partial charge in [0.25, 0.3) is 0 Å². The second-order valence-electron chi connectivity index (χ2n) is 5.95. The molecule has 0 saturated heterocycles. The Morgan fingerprint density at radius 3 is 2.79 bits per heavy atom. The number of aromatic nitrogens is 3. The molecule has 3 rings (SSSR count). The summed E-state index contributed by atoms with van der Waals surface area (Å²) in [6.45, 7) is 7.71. The van der Waals surface area contributed by atoms with Gasteiger partial charge in [0.15, 0.2) is 0 Å². The summed E-state index contributed by atoms with van der Waals surface area (Å²) in [6, 6.07) is 0. The summed E-state index contributed by atoms with van der Waals surface area (Å²) in [5.41, 5.74) is 9.51. The third kappa shape index (κ3) is 1.90. The Bertz CT molecular complexity index is 614. The molecule has 1 aliphatic carbocycles. The van der Waals surface area contributed by atoms with Crippen LogP contribution in [0.4, 0.5) is 5.82 Å². The molecule has 2 unspecified atom stereocenters. The van der Waals surface area contributed by atoms with Crippen LogP contribution in [-0.4, -0.2) is 14.5 Å². The summed E-state index contributed by atoms with van der Waals surface area (Å²) < 4.78 is 2.34. The summed E-state index contributed by atoms with van der Waals surface area (Å²) in [5, 5.41) is 1.03. The van der Waals surface area contributed by atoms with Crippen molar-refractivity contribution in [3.8, 4) is 0 Å².